The highest BCUT2D eigenvalue weighted by Gasteiger charge is 2.34. The topological polar surface area (TPSA) is 62.6 Å². The fourth-order valence-corrected chi connectivity index (χ4v) is 4.27. The summed E-state index contributed by atoms with van der Waals surface area (Å²) in [6.07, 6.45) is -4.88. The van der Waals surface area contributed by atoms with Crippen LogP contribution in [0.15, 0.2) is 66.7 Å². The van der Waals surface area contributed by atoms with Gasteiger partial charge in [-0.15, -0.1) is 0 Å². The molecule has 0 radical (unpaired) electrons. The molecule has 0 atom stereocenters. The largest absolute Gasteiger partial charge is 0.419 e. The average Bonchev–Trinajstić information content (AvgIpc) is 2.90. The molecular formula is C28H27F4N5O. The Hall–Kier alpha value is -3.94. The van der Waals surface area contributed by atoms with E-state index in [4.69, 9.17) is 0 Å². The highest BCUT2D eigenvalue weighted by molar-refractivity contribution is 6.02. The second kappa shape index (κ2) is 11.6. The van der Waals surface area contributed by atoms with E-state index in [1.165, 1.54) is 4.90 Å². The molecule has 3 aromatic rings. The lowest BCUT2D eigenvalue weighted by Gasteiger charge is -2.34. The molecule has 0 saturated carbocycles. The van der Waals surface area contributed by atoms with Crippen molar-refractivity contribution in [1.29, 1.82) is 5.26 Å². The van der Waals surface area contributed by atoms with E-state index >= 15 is 0 Å². The predicted octanol–water partition coefficient (Wildman–Crippen LogP) is 5.67. The number of hydrogen-bond acceptors (Lipinski definition) is 4. The maximum absolute atomic E-state index is 13.7. The number of likely N-dealkylation sites (N-methyl/N-ethyl adjacent to an activating group) is 1. The maximum Gasteiger partial charge on any atom is 0.419 e. The summed E-state index contributed by atoms with van der Waals surface area (Å²) in [5.41, 5.74) is 1.17. The molecule has 0 spiro atoms. The standard InChI is InChI=1S/C28H27F4N5O/c1-35-11-13-36(14-12-35)15-16-37(27(38)34-23-7-10-26(29)25(18-23)28(30,31)32)24-8-5-21(6-9-24)22-4-2-3-20(17-22)19-33/h2-10,17-18H,11-16H2,1H3,(H,34,38). The molecule has 0 unspecified atom stereocenters. The first-order chi connectivity index (χ1) is 18.1. The maximum atomic E-state index is 13.7. The molecule has 1 fully saturated rings. The summed E-state index contributed by atoms with van der Waals surface area (Å²) in [7, 11) is 2.04. The molecule has 1 saturated heterocycles. The number of rotatable bonds is 6. The Kier molecular flexibility index (Phi) is 8.29. The lowest BCUT2D eigenvalue weighted by molar-refractivity contribution is -0.139. The van der Waals surface area contributed by atoms with Gasteiger partial charge in [-0.05, 0) is 60.6 Å². The summed E-state index contributed by atoms with van der Waals surface area (Å²) in [6, 6.07) is 18.2. The Morgan fingerprint density at radius 1 is 1.00 bits per heavy atom. The summed E-state index contributed by atoms with van der Waals surface area (Å²) in [4.78, 5) is 19.2. The van der Waals surface area contributed by atoms with Gasteiger partial charge in [0.05, 0.1) is 17.2 Å². The fraction of sp³-hybridized carbons (Fsp3) is 0.286. The number of carbonyl (C=O) groups is 1. The lowest BCUT2D eigenvalue weighted by atomic mass is 10.0. The van der Waals surface area contributed by atoms with Gasteiger partial charge in [0.15, 0.2) is 0 Å². The van der Waals surface area contributed by atoms with Crippen molar-refractivity contribution in [3.05, 3.63) is 83.7 Å². The number of carbonyl (C=O) groups excluding carboxylic acids is 1. The SMILES string of the molecule is CN1CCN(CCN(C(=O)Nc2ccc(F)c(C(F)(F)F)c2)c2ccc(-c3cccc(C#N)c3)cc2)CC1. The minimum Gasteiger partial charge on any atom is -0.308 e. The molecule has 2 amide bonds. The van der Waals surface area contributed by atoms with E-state index in [0.29, 0.717) is 36.5 Å². The van der Waals surface area contributed by atoms with Crippen LogP contribution >= 0.6 is 0 Å². The van der Waals surface area contributed by atoms with Crippen LogP contribution in [0.25, 0.3) is 11.1 Å². The van der Waals surface area contributed by atoms with Gasteiger partial charge in [-0.1, -0.05) is 24.3 Å². The van der Waals surface area contributed by atoms with E-state index in [2.05, 4.69) is 21.2 Å². The monoisotopic (exact) mass is 525 g/mol. The van der Waals surface area contributed by atoms with Crippen LogP contribution in [0.3, 0.4) is 0 Å². The van der Waals surface area contributed by atoms with Gasteiger partial charge >= 0.3 is 12.2 Å². The first kappa shape index (κ1) is 27.1. The van der Waals surface area contributed by atoms with Crippen molar-refractivity contribution in [1.82, 2.24) is 9.80 Å². The smallest absolute Gasteiger partial charge is 0.308 e. The number of halogens is 4. The Balaban J connectivity index is 1.57. The number of amides is 2. The number of nitriles is 1. The van der Waals surface area contributed by atoms with E-state index < -0.39 is 23.6 Å². The molecule has 0 aromatic heterocycles. The molecule has 0 bridgehead atoms. The quantitative estimate of drug-likeness (QED) is 0.422. The second-order valence-corrected chi connectivity index (χ2v) is 9.16. The molecule has 1 aliphatic heterocycles. The third-order valence-corrected chi connectivity index (χ3v) is 6.51. The van der Waals surface area contributed by atoms with E-state index in [0.717, 1.165) is 43.4 Å². The zero-order chi connectivity index (χ0) is 27.3. The highest BCUT2D eigenvalue weighted by Crippen LogP contribution is 2.33. The fourth-order valence-electron chi connectivity index (χ4n) is 4.27. The van der Waals surface area contributed by atoms with Gasteiger partial charge in [0, 0.05) is 50.6 Å². The van der Waals surface area contributed by atoms with Crippen molar-refractivity contribution < 1.29 is 22.4 Å². The van der Waals surface area contributed by atoms with Crippen LogP contribution < -0.4 is 10.2 Å². The molecule has 10 heteroatoms. The number of anilines is 2. The van der Waals surface area contributed by atoms with Gasteiger partial charge in [0.25, 0.3) is 0 Å². The van der Waals surface area contributed by atoms with Crippen molar-refractivity contribution in [2.45, 2.75) is 6.18 Å². The number of nitrogens with zero attached hydrogens (tertiary/aromatic N) is 4. The van der Waals surface area contributed by atoms with Gasteiger partial charge in [0.2, 0.25) is 0 Å². The van der Waals surface area contributed by atoms with Crippen molar-refractivity contribution in [3.8, 4) is 17.2 Å². The molecule has 1 N–H and O–H groups in total. The van der Waals surface area contributed by atoms with E-state index in [9.17, 15) is 27.6 Å². The molecule has 4 rings (SSSR count). The normalized spacial score (nSPS) is 14.6. The molecule has 38 heavy (non-hydrogen) atoms. The summed E-state index contributed by atoms with van der Waals surface area (Å²) < 4.78 is 53.3. The molecule has 3 aromatic carbocycles. The van der Waals surface area contributed by atoms with Gasteiger partial charge in [0.1, 0.15) is 5.82 Å². The summed E-state index contributed by atoms with van der Waals surface area (Å²) in [5.74, 6) is -1.40. The second-order valence-electron chi connectivity index (χ2n) is 9.16. The molecule has 1 aliphatic rings. The summed E-state index contributed by atoms with van der Waals surface area (Å²) in [5, 5.41) is 11.7. The molecule has 1 heterocycles. The third-order valence-electron chi connectivity index (χ3n) is 6.51. The van der Waals surface area contributed by atoms with Crippen molar-refractivity contribution in [3.63, 3.8) is 0 Å². The minimum atomic E-state index is -4.88. The lowest BCUT2D eigenvalue weighted by Crippen LogP contribution is -2.48. The van der Waals surface area contributed by atoms with E-state index in [1.807, 2.05) is 25.2 Å². The Bertz CT molecular complexity index is 1310. The van der Waals surface area contributed by atoms with Crippen molar-refractivity contribution in [2.24, 2.45) is 0 Å². The molecule has 198 valence electrons. The van der Waals surface area contributed by atoms with Gasteiger partial charge < -0.3 is 10.2 Å². The molecular weight excluding hydrogens is 498 g/mol. The number of alkyl halides is 3. The minimum absolute atomic E-state index is 0.154. The van der Waals surface area contributed by atoms with Gasteiger partial charge in [-0.2, -0.15) is 18.4 Å². The summed E-state index contributed by atoms with van der Waals surface area (Å²) >= 11 is 0. The molecule has 6 nitrogen and oxygen atoms in total. The van der Waals surface area contributed by atoms with Gasteiger partial charge in [-0.25, -0.2) is 9.18 Å². The number of urea groups is 1. The molecule has 0 aliphatic carbocycles. The van der Waals surface area contributed by atoms with Crippen LogP contribution in [-0.2, 0) is 6.18 Å². The van der Waals surface area contributed by atoms with E-state index in [1.54, 1.807) is 30.3 Å². The Morgan fingerprint density at radius 3 is 2.37 bits per heavy atom. The zero-order valence-electron chi connectivity index (χ0n) is 20.8. The summed E-state index contributed by atoms with van der Waals surface area (Å²) in [6.45, 7) is 4.35. The zero-order valence-corrected chi connectivity index (χ0v) is 20.8. The van der Waals surface area contributed by atoms with E-state index in [-0.39, 0.29) is 5.69 Å². The van der Waals surface area contributed by atoms with Crippen LogP contribution in [-0.4, -0.2) is 62.1 Å². The first-order valence-electron chi connectivity index (χ1n) is 12.1. The Morgan fingerprint density at radius 2 is 1.71 bits per heavy atom. The number of benzene rings is 3. The average molecular weight is 526 g/mol. The Labute approximate surface area is 218 Å². The van der Waals surface area contributed by atoms with Crippen LogP contribution in [0.5, 0.6) is 0 Å². The highest BCUT2D eigenvalue weighted by atomic mass is 19.4. The van der Waals surface area contributed by atoms with Crippen LogP contribution in [0.2, 0.25) is 0 Å². The number of nitrogens with one attached hydrogen (secondary N) is 1. The van der Waals surface area contributed by atoms with Crippen molar-refractivity contribution in [2.75, 3.05) is 56.5 Å². The van der Waals surface area contributed by atoms with Gasteiger partial charge in [-0.3, -0.25) is 9.80 Å². The van der Waals surface area contributed by atoms with Crippen LogP contribution in [0.1, 0.15) is 11.1 Å². The number of hydrogen-bond donors (Lipinski definition) is 1. The van der Waals surface area contributed by atoms with Crippen LogP contribution in [0, 0.1) is 17.1 Å². The first-order valence-corrected chi connectivity index (χ1v) is 12.1. The van der Waals surface area contributed by atoms with Crippen molar-refractivity contribution >= 4 is 17.4 Å². The number of piperazine rings is 1. The third kappa shape index (κ3) is 6.68. The van der Waals surface area contributed by atoms with Crippen LogP contribution in [0.4, 0.5) is 33.7 Å². The predicted molar refractivity (Wildman–Crippen MR) is 138 cm³/mol.